The first-order chi connectivity index (χ1) is 9.33. The first-order valence-electron chi connectivity index (χ1n) is 7.21. The van der Waals surface area contributed by atoms with Crippen LogP contribution < -0.4 is 11.1 Å². The highest BCUT2D eigenvalue weighted by Crippen LogP contribution is 2.21. The summed E-state index contributed by atoms with van der Waals surface area (Å²) in [6.45, 7) is 0. The number of nitrogens with zero attached hydrogens (tertiary/aromatic N) is 1. The van der Waals surface area contributed by atoms with E-state index >= 15 is 0 Å². The Morgan fingerprint density at radius 2 is 1.84 bits per heavy atom. The van der Waals surface area contributed by atoms with E-state index < -0.39 is 0 Å². The summed E-state index contributed by atoms with van der Waals surface area (Å²) < 4.78 is 0. The van der Waals surface area contributed by atoms with Crippen LogP contribution in [0.4, 0.5) is 5.82 Å². The number of hydrogen-bond donors (Lipinski definition) is 2. The number of fused-ring (bicyclic) bond motifs is 1. The number of nitrogens with one attached hydrogen (secondary N) is 1. The van der Waals surface area contributed by atoms with Crippen molar-refractivity contribution in [2.75, 3.05) is 5.32 Å². The summed E-state index contributed by atoms with van der Waals surface area (Å²) in [5.74, 6) is 0.945. The lowest BCUT2D eigenvalue weighted by Crippen LogP contribution is -2.39. The van der Waals surface area contributed by atoms with Gasteiger partial charge in [-0.15, -0.1) is 0 Å². The normalized spacial score (nSPS) is 24.1. The van der Waals surface area contributed by atoms with Gasteiger partial charge in [0.2, 0.25) is 0 Å². The third-order valence-electron chi connectivity index (χ3n) is 4.00. The number of aromatic nitrogens is 1. The van der Waals surface area contributed by atoms with Crippen LogP contribution in [0.5, 0.6) is 0 Å². The molecule has 1 heterocycles. The zero-order valence-electron chi connectivity index (χ0n) is 11.2. The molecule has 2 unspecified atom stereocenters. The van der Waals surface area contributed by atoms with Crippen molar-refractivity contribution in [1.29, 1.82) is 0 Å². The van der Waals surface area contributed by atoms with Crippen molar-refractivity contribution in [3.05, 3.63) is 36.4 Å². The Bertz CT molecular complexity index is 552. The summed E-state index contributed by atoms with van der Waals surface area (Å²) in [6, 6.07) is 13.0. The highest BCUT2D eigenvalue weighted by atomic mass is 15.0. The minimum absolute atomic E-state index is 0.246. The van der Waals surface area contributed by atoms with E-state index in [1.165, 1.54) is 24.6 Å². The van der Waals surface area contributed by atoms with E-state index in [0.29, 0.717) is 6.04 Å². The van der Waals surface area contributed by atoms with Gasteiger partial charge in [0, 0.05) is 17.5 Å². The Morgan fingerprint density at radius 1 is 1.00 bits per heavy atom. The molecule has 3 heteroatoms. The fourth-order valence-electron chi connectivity index (χ4n) is 2.85. The SMILES string of the molecule is NC1CCCCCC1Nc1ccc2ccccc2n1. The summed E-state index contributed by atoms with van der Waals surface area (Å²) in [4.78, 5) is 4.67. The van der Waals surface area contributed by atoms with Crippen LogP contribution in [0.2, 0.25) is 0 Å². The maximum atomic E-state index is 6.25. The smallest absolute Gasteiger partial charge is 0.126 e. The molecule has 0 radical (unpaired) electrons. The topological polar surface area (TPSA) is 50.9 Å². The molecule has 0 amide bonds. The average Bonchev–Trinajstić information content (AvgIpc) is 2.64. The second-order valence-corrected chi connectivity index (χ2v) is 5.44. The number of nitrogens with two attached hydrogens (primary N) is 1. The van der Waals surface area contributed by atoms with Gasteiger partial charge in [-0.2, -0.15) is 0 Å². The van der Waals surface area contributed by atoms with Gasteiger partial charge in [0.05, 0.1) is 5.52 Å². The number of hydrogen-bond acceptors (Lipinski definition) is 3. The van der Waals surface area contributed by atoms with E-state index in [-0.39, 0.29) is 6.04 Å². The third-order valence-corrected chi connectivity index (χ3v) is 4.00. The highest BCUT2D eigenvalue weighted by Gasteiger charge is 2.20. The van der Waals surface area contributed by atoms with E-state index in [0.717, 1.165) is 24.2 Å². The molecule has 1 aromatic carbocycles. The second-order valence-electron chi connectivity index (χ2n) is 5.44. The molecule has 1 aromatic heterocycles. The van der Waals surface area contributed by atoms with Crippen molar-refractivity contribution in [2.45, 2.75) is 44.2 Å². The molecule has 0 saturated heterocycles. The molecular weight excluding hydrogens is 234 g/mol. The molecule has 3 N–H and O–H groups in total. The molecule has 1 aliphatic rings. The lowest BCUT2D eigenvalue weighted by Gasteiger charge is -2.23. The Hall–Kier alpha value is -1.61. The van der Waals surface area contributed by atoms with Crippen LogP contribution in [0.3, 0.4) is 0 Å². The minimum Gasteiger partial charge on any atom is -0.366 e. The molecule has 1 saturated carbocycles. The molecule has 1 aliphatic carbocycles. The van der Waals surface area contributed by atoms with Crippen LogP contribution in [0.15, 0.2) is 36.4 Å². The number of benzene rings is 1. The van der Waals surface area contributed by atoms with Crippen molar-refractivity contribution in [1.82, 2.24) is 4.98 Å². The van der Waals surface area contributed by atoms with E-state index in [2.05, 4.69) is 28.5 Å². The number of para-hydroxylation sites is 1. The molecule has 0 aliphatic heterocycles. The van der Waals surface area contributed by atoms with E-state index in [1.807, 2.05) is 18.2 Å². The predicted molar refractivity (Wildman–Crippen MR) is 80.2 cm³/mol. The first kappa shape index (κ1) is 12.4. The minimum atomic E-state index is 0.246. The van der Waals surface area contributed by atoms with Crippen LogP contribution in [0.1, 0.15) is 32.1 Å². The number of pyridine rings is 1. The van der Waals surface area contributed by atoms with Crippen LogP contribution in [-0.2, 0) is 0 Å². The molecule has 0 bridgehead atoms. The van der Waals surface area contributed by atoms with Gasteiger partial charge in [-0.25, -0.2) is 4.98 Å². The van der Waals surface area contributed by atoms with Crippen LogP contribution in [0.25, 0.3) is 10.9 Å². The molecule has 2 aromatic rings. The lowest BCUT2D eigenvalue weighted by molar-refractivity contribution is 0.527. The molecule has 1 fully saturated rings. The van der Waals surface area contributed by atoms with Gasteiger partial charge in [-0.3, -0.25) is 0 Å². The molecule has 19 heavy (non-hydrogen) atoms. The predicted octanol–water partition coefficient (Wildman–Crippen LogP) is 3.31. The van der Waals surface area contributed by atoms with Crippen molar-refractivity contribution >= 4 is 16.7 Å². The van der Waals surface area contributed by atoms with Crippen molar-refractivity contribution in [3.8, 4) is 0 Å². The summed E-state index contributed by atoms with van der Waals surface area (Å²) in [6.07, 6.45) is 6.08. The largest absolute Gasteiger partial charge is 0.366 e. The maximum Gasteiger partial charge on any atom is 0.126 e. The van der Waals surface area contributed by atoms with Gasteiger partial charge in [-0.05, 0) is 31.0 Å². The quantitative estimate of drug-likeness (QED) is 0.809. The Balaban J connectivity index is 1.80. The zero-order valence-corrected chi connectivity index (χ0v) is 11.2. The van der Waals surface area contributed by atoms with E-state index in [9.17, 15) is 0 Å². The van der Waals surface area contributed by atoms with Crippen molar-refractivity contribution in [3.63, 3.8) is 0 Å². The number of anilines is 1. The Morgan fingerprint density at radius 3 is 2.79 bits per heavy atom. The summed E-state index contributed by atoms with van der Waals surface area (Å²) in [5.41, 5.74) is 7.29. The van der Waals surface area contributed by atoms with Crippen LogP contribution in [-0.4, -0.2) is 17.1 Å². The fourth-order valence-corrected chi connectivity index (χ4v) is 2.85. The Labute approximate surface area is 114 Å². The maximum absolute atomic E-state index is 6.25. The van der Waals surface area contributed by atoms with Crippen LogP contribution in [0, 0.1) is 0 Å². The molecule has 3 nitrogen and oxygen atoms in total. The highest BCUT2D eigenvalue weighted by molar-refractivity contribution is 5.80. The zero-order chi connectivity index (χ0) is 13.1. The monoisotopic (exact) mass is 255 g/mol. The van der Waals surface area contributed by atoms with Gasteiger partial charge >= 0.3 is 0 Å². The summed E-state index contributed by atoms with van der Waals surface area (Å²) >= 11 is 0. The first-order valence-corrected chi connectivity index (χ1v) is 7.21. The molecule has 0 spiro atoms. The van der Waals surface area contributed by atoms with Crippen LogP contribution >= 0.6 is 0 Å². The number of rotatable bonds is 2. The summed E-state index contributed by atoms with van der Waals surface area (Å²) in [7, 11) is 0. The van der Waals surface area contributed by atoms with Crippen molar-refractivity contribution < 1.29 is 0 Å². The van der Waals surface area contributed by atoms with Crippen molar-refractivity contribution in [2.24, 2.45) is 5.73 Å². The van der Waals surface area contributed by atoms with Gasteiger partial charge in [0.25, 0.3) is 0 Å². The Kier molecular flexibility index (Phi) is 3.65. The molecular formula is C16H21N3. The standard InChI is InChI=1S/C16H21N3/c17-13-7-2-1-3-9-15(13)19-16-11-10-12-6-4-5-8-14(12)18-16/h4-6,8,10-11,13,15H,1-3,7,9,17H2,(H,18,19). The molecule has 100 valence electrons. The molecule has 2 atom stereocenters. The third kappa shape index (κ3) is 2.87. The van der Waals surface area contributed by atoms with Gasteiger partial charge in [0.1, 0.15) is 5.82 Å². The van der Waals surface area contributed by atoms with E-state index in [1.54, 1.807) is 0 Å². The summed E-state index contributed by atoms with van der Waals surface area (Å²) in [5, 5.41) is 4.71. The lowest BCUT2D eigenvalue weighted by atomic mass is 10.0. The van der Waals surface area contributed by atoms with Gasteiger partial charge in [0.15, 0.2) is 0 Å². The van der Waals surface area contributed by atoms with E-state index in [4.69, 9.17) is 5.73 Å². The average molecular weight is 255 g/mol. The van der Waals surface area contributed by atoms with Gasteiger partial charge in [-0.1, -0.05) is 37.5 Å². The second kappa shape index (κ2) is 5.57. The molecule has 3 rings (SSSR count). The van der Waals surface area contributed by atoms with Gasteiger partial charge < -0.3 is 11.1 Å². The fraction of sp³-hybridized carbons (Fsp3) is 0.438.